The fraction of sp³-hybridized carbons (Fsp3) is 0.273. The summed E-state index contributed by atoms with van der Waals surface area (Å²) in [6, 6.07) is 2.11. The summed E-state index contributed by atoms with van der Waals surface area (Å²) >= 11 is 1.75. The Labute approximate surface area is 78.2 Å². The highest BCUT2D eigenvalue weighted by Crippen LogP contribution is 2.30. The fourth-order valence-corrected chi connectivity index (χ4v) is 2.10. The Bertz CT molecular complexity index is 305. The average Bonchev–Trinajstić information content (AvgIpc) is 2.50. The second kappa shape index (κ2) is 3.72. The minimum absolute atomic E-state index is 1.01. The summed E-state index contributed by atoms with van der Waals surface area (Å²) in [6.07, 6.45) is 1.01. The standard InChI is InChI=1S/C11H14S/c1-5-9(4)11-10(8(2)3)6-7-12-11/h6-7H,2,4-5H2,1,3H3. The molecule has 0 aliphatic rings. The van der Waals surface area contributed by atoms with Crippen LogP contribution >= 0.6 is 11.3 Å². The number of allylic oxidation sites excluding steroid dienone is 2. The van der Waals surface area contributed by atoms with Crippen LogP contribution in [0.4, 0.5) is 0 Å². The highest BCUT2D eigenvalue weighted by atomic mass is 32.1. The minimum atomic E-state index is 1.01. The number of hydrogen-bond donors (Lipinski definition) is 0. The lowest BCUT2D eigenvalue weighted by Crippen LogP contribution is -1.81. The lowest BCUT2D eigenvalue weighted by Gasteiger charge is -2.03. The third-order valence-corrected chi connectivity index (χ3v) is 2.89. The Morgan fingerprint density at radius 2 is 2.17 bits per heavy atom. The van der Waals surface area contributed by atoms with Crippen molar-refractivity contribution in [2.45, 2.75) is 20.3 Å². The molecule has 0 amide bonds. The largest absolute Gasteiger partial charge is 0.144 e. The first-order chi connectivity index (χ1) is 5.66. The van der Waals surface area contributed by atoms with Crippen molar-refractivity contribution in [2.24, 2.45) is 0 Å². The second-order valence-corrected chi connectivity index (χ2v) is 3.82. The molecule has 0 N–H and O–H groups in total. The molecule has 0 fully saturated rings. The third-order valence-electron chi connectivity index (χ3n) is 1.87. The van der Waals surface area contributed by atoms with E-state index in [-0.39, 0.29) is 0 Å². The zero-order valence-electron chi connectivity index (χ0n) is 7.68. The Morgan fingerprint density at radius 3 is 2.67 bits per heavy atom. The first-order valence-electron chi connectivity index (χ1n) is 4.08. The highest BCUT2D eigenvalue weighted by molar-refractivity contribution is 7.11. The molecule has 1 heterocycles. The average molecular weight is 178 g/mol. The van der Waals surface area contributed by atoms with Crippen LogP contribution in [-0.2, 0) is 0 Å². The number of hydrogen-bond acceptors (Lipinski definition) is 1. The van der Waals surface area contributed by atoms with Crippen molar-refractivity contribution < 1.29 is 0 Å². The van der Waals surface area contributed by atoms with Gasteiger partial charge in [-0.1, -0.05) is 20.1 Å². The first kappa shape index (κ1) is 9.27. The van der Waals surface area contributed by atoms with Gasteiger partial charge in [-0.05, 0) is 41.5 Å². The van der Waals surface area contributed by atoms with Gasteiger partial charge in [0.2, 0.25) is 0 Å². The van der Waals surface area contributed by atoms with E-state index in [1.807, 2.05) is 6.92 Å². The van der Waals surface area contributed by atoms with Gasteiger partial charge in [0.15, 0.2) is 0 Å². The molecule has 0 bridgehead atoms. The van der Waals surface area contributed by atoms with Gasteiger partial charge >= 0.3 is 0 Å². The molecule has 0 nitrogen and oxygen atoms in total. The van der Waals surface area contributed by atoms with Crippen molar-refractivity contribution in [1.82, 2.24) is 0 Å². The van der Waals surface area contributed by atoms with Crippen molar-refractivity contribution in [1.29, 1.82) is 0 Å². The van der Waals surface area contributed by atoms with Crippen LogP contribution in [0.5, 0.6) is 0 Å². The van der Waals surface area contributed by atoms with Crippen LogP contribution in [0.1, 0.15) is 30.7 Å². The molecule has 1 aromatic heterocycles. The quantitative estimate of drug-likeness (QED) is 0.650. The zero-order chi connectivity index (χ0) is 9.14. The SMILES string of the molecule is C=C(C)c1ccsc1C(=C)CC. The van der Waals surface area contributed by atoms with Crippen molar-refractivity contribution in [3.8, 4) is 0 Å². The summed E-state index contributed by atoms with van der Waals surface area (Å²) in [4.78, 5) is 1.30. The molecule has 0 aromatic carbocycles. The van der Waals surface area contributed by atoms with Gasteiger partial charge in [-0.15, -0.1) is 11.3 Å². The van der Waals surface area contributed by atoms with Gasteiger partial charge < -0.3 is 0 Å². The van der Waals surface area contributed by atoms with Gasteiger partial charge in [0, 0.05) is 4.88 Å². The molecular formula is C11H14S. The maximum absolute atomic E-state index is 4.03. The lowest BCUT2D eigenvalue weighted by molar-refractivity contribution is 1.25. The van der Waals surface area contributed by atoms with Gasteiger partial charge in [-0.3, -0.25) is 0 Å². The van der Waals surface area contributed by atoms with E-state index in [0.29, 0.717) is 0 Å². The van der Waals surface area contributed by atoms with Crippen molar-refractivity contribution in [3.05, 3.63) is 35.0 Å². The normalized spacial score (nSPS) is 9.83. The molecule has 0 unspecified atom stereocenters. The Kier molecular flexibility index (Phi) is 2.88. The Balaban J connectivity index is 3.07. The van der Waals surface area contributed by atoms with Gasteiger partial charge in [0.25, 0.3) is 0 Å². The lowest BCUT2D eigenvalue weighted by atomic mass is 10.1. The summed E-state index contributed by atoms with van der Waals surface area (Å²) in [5, 5.41) is 2.10. The molecule has 0 aliphatic carbocycles. The van der Waals surface area contributed by atoms with Crippen molar-refractivity contribution in [3.63, 3.8) is 0 Å². The zero-order valence-corrected chi connectivity index (χ0v) is 8.50. The summed E-state index contributed by atoms with van der Waals surface area (Å²) < 4.78 is 0. The smallest absolute Gasteiger partial charge is 0.0371 e. The second-order valence-electron chi connectivity index (χ2n) is 2.90. The summed E-state index contributed by atoms with van der Waals surface area (Å²) in [6.45, 7) is 12.1. The Morgan fingerprint density at radius 1 is 1.50 bits per heavy atom. The molecule has 0 spiro atoms. The van der Waals surface area contributed by atoms with Gasteiger partial charge in [-0.2, -0.15) is 0 Å². The topological polar surface area (TPSA) is 0 Å². The molecule has 64 valence electrons. The highest BCUT2D eigenvalue weighted by Gasteiger charge is 2.05. The summed E-state index contributed by atoms with van der Waals surface area (Å²) in [5.41, 5.74) is 3.59. The van der Waals surface area contributed by atoms with E-state index in [4.69, 9.17) is 0 Å². The van der Waals surface area contributed by atoms with E-state index in [1.165, 1.54) is 16.0 Å². The van der Waals surface area contributed by atoms with Crippen molar-refractivity contribution in [2.75, 3.05) is 0 Å². The summed E-state index contributed by atoms with van der Waals surface area (Å²) in [5.74, 6) is 0. The van der Waals surface area contributed by atoms with Crippen LogP contribution in [0.15, 0.2) is 24.6 Å². The molecule has 0 saturated carbocycles. The maximum atomic E-state index is 4.03. The number of rotatable bonds is 3. The van der Waals surface area contributed by atoms with E-state index < -0.39 is 0 Å². The Hall–Kier alpha value is -0.820. The number of thiophene rings is 1. The van der Waals surface area contributed by atoms with Crippen LogP contribution in [0.3, 0.4) is 0 Å². The van der Waals surface area contributed by atoms with Crippen LogP contribution in [0.25, 0.3) is 11.1 Å². The van der Waals surface area contributed by atoms with E-state index in [0.717, 1.165) is 12.0 Å². The van der Waals surface area contributed by atoms with Gasteiger partial charge in [0.1, 0.15) is 0 Å². The molecule has 0 radical (unpaired) electrons. The molecule has 1 aromatic rings. The molecule has 1 rings (SSSR count). The van der Waals surface area contributed by atoms with Crippen LogP contribution in [-0.4, -0.2) is 0 Å². The fourth-order valence-electron chi connectivity index (χ4n) is 1.08. The van der Waals surface area contributed by atoms with Gasteiger partial charge in [0.05, 0.1) is 0 Å². The van der Waals surface area contributed by atoms with Crippen LogP contribution in [0.2, 0.25) is 0 Å². The predicted octanol–water partition coefficient (Wildman–Crippen LogP) is 4.20. The molecule has 1 heteroatoms. The first-order valence-corrected chi connectivity index (χ1v) is 4.96. The van der Waals surface area contributed by atoms with E-state index in [1.54, 1.807) is 11.3 Å². The minimum Gasteiger partial charge on any atom is -0.144 e. The maximum Gasteiger partial charge on any atom is 0.0371 e. The molecular weight excluding hydrogens is 164 g/mol. The van der Waals surface area contributed by atoms with Crippen LogP contribution in [0, 0.1) is 0 Å². The van der Waals surface area contributed by atoms with E-state index in [2.05, 4.69) is 31.5 Å². The van der Waals surface area contributed by atoms with Crippen LogP contribution < -0.4 is 0 Å². The molecule has 0 aliphatic heterocycles. The third kappa shape index (κ3) is 1.67. The summed E-state index contributed by atoms with van der Waals surface area (Å²) in [7, 11) is 0. The van der Waals surface area contributed by atoms with E-state index in [9.17, 15) is 0 Å². The van der Waals surface area contributed by atoms with Crippen molar-refractivity contribution >= 4 is 22.5 Å². The van der Waals surface area contributed by atoms with Gasteiger partial charge in [-0.25, -0.2) is 0 Å². The monoisotopic (exact) mass is 178 g/mol. The molecule has 0 saturated heterocycles. The predicted molar refractivity (Wildman–Crippen MR) is 58.4 cm³/mol. The molecule has 0 atom stereocenters. The molecule has 12 heavy (non-hydrogen) atoms. The van der Waals surface area contributed by atoms with E-state index >= 15 is 0 Å².